The predicted octanol–water partition coefficient (Wildman–Crippen LogP) is 4.77. The van der Waals surface area contributed by atoms with Crippen molar-refractivity contribution in [2.24, 2.45) is 0 Å². The molecule has 0 bridgehead atoms. The van der Waals surface area contributed by atoms with Crippen molar-refractivity contribution in [3.63, 3.8) is 0 Å². The van der Waals surface area contributed by atoms with E-state index in [4.69, 9.17) is 14.2 Å². The Hall–Kier alpha value is -4.32. The van der Waals surface area contributed by atoms with Crippen LogP contribution in [-0.2, 0) is 26.2 Å². The number of rotatable bonds is 15. The molecule has 44 heavy (non-hydrogen) atoms. The molecule has 2 atom stereocenters. The monoisotopic (exact) mass is 629 g/mol. The summed E-state index contributed by atoms with van der Waals surface area (Å²) in [6, 6.07) is 14.9. The van der Waals surface area contributed by atoms with Gasteiger partial charge in [0.15, 0.2) is 11.5 Å². The number of nitrogens with one attached hydrogen (secondary N) is 1. The number of anilines is 1. The lowest BCUT2D eigenvalue weighted by Gasteiger charge is -2.33. The summed E-state index contributed by atoms with van der Waals surface area (Å²) in [6.45, 7) is 4.93. The number of hydrogen-bond donors (Lipinski definition) is 1. The van der Waals surface area contributed by atoms with Gasteiger partial charge in [-0.2, -0.15) is 0 Å². The minimum Gasteiger partial charge on any atom is -0.497 e. The van der Waals surface area contributed by atoms with Crippen LogP contribution >= 0.6 is 0 Å². The molecule has 0 aliphatic heterocycles. The van der Waals surface area contributed by atoms with Gasteiger partial charge in [-0.3, -0.25) is 13.9 Å². The highest BCUT2D eigenvalue weighted by Gasteiger charge is 2.34. The van der Waals surface area contributed by atoms with E-state index in [-0.39, 0.29) is 41.2 Å². The normalized spacial score (nSPS) is 12.5. The average molecular weight is 630 g/mol. The molecule has 0 heterocycles. The molecule has 0 unspecified atom stereocenters. The number of methoxy groups -OCH3 is 3. The Balaban J connectivity index is 2.10. The molecule has 0 spiro atoms. The molecule has 0 aromatic heterocycles. The highest BCUT2D eigenvalue weighted by atomic mass is 32.2. The summed E-state index contributed by atoms with van der Waals surface area (Å²) < 4.78 is 58.9. The van der Waals surface area contributed by atoms with Gasteiger partial charge in [0.25, 0.3) is 10.0 Å². The van der Waals surface area contributed by atoms with Gasteiger partial charge in [-0.15, -0.1) is 0 Å². The zero-order valence-corrected chi connectivity index (χ0v) is 26.7. The van der Waals surface area contributed by atoms with Gasteiger partial charge >= 0.3 is 0 Å². The molecule has 2 amide bonds. The third-order valence-electron chi connectivity index (χ3n) is 7.21. The van der Waals surface area contributed by atoms with Gasteiger partial charge in [0, 0.05) is 18.7 Å². The van der Waals surface area contributed by atoms with E-state index in [0.29, 0.717) is 23.5 Å². The van der Waals surface area contributed by atoms with Gasteiger partial charge < -0.3 is 24.4 Å². The Morgan fingerprint density at radius 2 is 1.57 bits per heavy atom. The molecular formula is C32H40FN3O7S. The summed E-state index contributed by atoms with van der Waals surface area (Å²) in [5, 5.41) is 2.94. The van der Waals surface area contributed by atoms with Crippen molar-refractivity contribution in [3.8, 4) is 17.2 Å². The number of ether oxygens (including phenoxy) is 3. The number of sulfonamides is 1. The molecule has 3 aromatic carbocycles. The molecule has 0 fully saturated rings. The number of nitrogens with zero attached hydrogens (tertiary/aromatic N) is 2. The Bertz CT molecular complexity index is 1530. The number of carbonyl (C=O) groups excluding carboxylic acids is 2. The minimum atomic E-state index is -4.41. The Morgan fingerprint density at radius 3 is 2.16 bits per heavy atom. The Labute approximate surface area is 258 Å². The molecule has 0 saturated heterocycles. The van der Waals surface area contributed by atoms with E-state index in [1.807, 2.05) is 13.8 Å². The van der Waals surface area contributed by atoms with Gasteiger partial charge in [0.05, 0.1) is 31.9 Å². The van der Waals surface area contributed by atoms with Gasteiger partial charge in [0.1, 0.15) is 24.2 Å². The molecule has 3 aromatic rings. The summed E-state index contributed by atoms with van der Waals surface area (Å²) in [5.74, 6) is -0.502. The third-order valence-corrected chi connectivity index (χ3v) is 8.98. The number of amides is 2. The van der Waals surface area contributed by atoms with Crippen molar-refractivity contribution >= 4 is 27.5 Å². The van der Waals surface area contributed by atoms with Crippen molar-refractivity contribution in [3.05, 3.63) is 78.1 Å². The van der Waals surface area contributed by atoms with E-state index < -0.39 is 34.3 Å². The first kappa shape index (κ1) is 34.2. The fourth-order valence-corrected chi connectivity index (χ4v) is 6.00. The number of carbonyl (C=O) groups is 2. The second-order valence-corrected chi connectivity index (χ2v) is 12.0. The van der Waals surface area contributed by atoms with Crippen LogP contribution in [0.2, 0.25) is 0 Å². The van der Waals surface area contributed by atoms with E-state index in [1.54, 1.807) is 31.2 Å². The van der Waals surface area contributed by atoms with Gasteiger partial charge in [-0.1, -0.05) is 26.0 Å². The van der Waals surface area contributed by atoms with Crippen LogP contribution in [0.5, 0.6) is 17.2 Å². The zero-order valence-electron chi connectivity index (χ0n) is 25.9. The quantitative estimate of drug-likeness (QED) is 0.258. The smallest absolute Gasteiger partial charge is 0.264 e. The van der Waals surface area contributed by atoms with E-state index >= 15 is 0 Å². The van der Waals surface area contributed by atoms with E-state index in [1.165, 1.54) is 56.6 Å². The van der Waals surface area contributed by atoms with Crippen molar-refractivity contribution in [2.75, 3.05) is 32.2 Å². The number of halogens is 1. The maximum Gasteiger partial charge on any atom is 0.264 e. The van der Waals surface area contributed by atoms with Crippen LogP contribution in [0.4, 0.5) is 10.1 Å². The van der Waals surface area contributed by atoms with Gasteiger partial charge in [-0.05, 0) is 73.9 Å². The fourth-order valence-electron chi connectivity index (χ4n) is 4.57. The van der Waals surface area contributed by atoms with Crippen LogP contribution in [0.1, 0.15) is 39.2 Å². The van der Waals surface area contributed by atoms with Crippen molar-refractivity contribution in [1.82, 2.24) is 10.2 Å². The van der Waals surface area contributed by atoms with Crippen LogP contribution in [0.25, 0.3) is 0 Å². The highest BCUT2D eigenvalue weighted by molar-refractivity contribution is 7.92. The van der Waals surface area contributed by atoms with Gasteiger partial charge in [0.2, 0.25) is 11.8 Å². The second kappa shape index (κ2) is 15.4. The molecular weight excluding hydrogens is 589 g/mol. The SMILES string of the molecule is CC[C@H](C)NC(=O)[C@H](CC)N(Cc1cccc(OC)c1)C(=O)CN(c1ccc(F)cc1)S(=O)(=O)c1ccc(OC)c(OC)c1. The van der Waals surface area contributed by atoms with E-state index in [9.17, 15) is 22.4 Å². The van der Waals surface area contributed by atoms with Crippen LogP contribution in [0.15, 0.2) is 71.6 Å². The summed E-state index contributed by atoms with van der Waals surface area (Å²) in [6.07, 6.45) is 0.963. The van der Waals surface area contributed by atoms with Crippen molar-refractivity contribution in [1.29, 1.82) is 0 Å². The van der Waals surface area contributed by atoms with Crippen molar-refractivity contribution < 1.29 is 36.6 Å². The van der Waals surface area contributed by atoms with Crippen molar-refractivity contribution in [2.45, 2.75) is 57.1 Å². The average Bonchev–Trinajstić information content (AvgIpc) is 3.03. The van der Waals surface area contributed by atoms with E-state index in [0.717, 1.165) is 16.4 Å². The van der Waals surface area contributed by atoms with Gasteiger partial charge in [-0.25, -0.2) is 12.8 Å². The molecule has 1 N–H and O–H groups in total. The number of benzene rings is 3. The maximum absolute atomic E-state index is 14.2. The molecule has 0 saturated carbocycles. The molecule has 238 valence electrons. The first-order chi connectivity index (χ1) is 21.0. The minimum absolute atomic E-state index is 0.0100. The topological polar surface area (TPSA) is 114 Å². The molecule has 0 aliphatic rings. The standard InChI is InChI=1S/C32H40FN3O7S/c1-7-22(3)34-32(38)28(8-2)35(20-23-10-9-11-26(18-23)41-4)31(37)21-36(25-14-12-24(33)13-15-25)44(39,40)27-16-17-29(42-5)30(19-27)43-6/h9-19,22,28H,7-8,20-21H2,1-6H3,(H,34,38)/t22-,28-/m0/s1. The fraction of sp³-hybridized carbons (Fsp3) is 0.375. The largest absolute Gasteiger partial charge is 0.497 e. The summed E-state index contributed by atoms with van der Waals surface area (Å²) in [7, 11) is -0.0803. The molecule has 10 nitrogen and oxygen atoms in total. The first-order valence-corrected chi connectivity index (χ1v) is 15.7. The summed E-state index contributed by atoms with van der Waals surface area (Å²) in [4.78, 5) is 28.8. The summed E-state index contributed by atoms with van der Waals surface area (Å²) in [5.41, 5.74) is 0.747. The van der Waals surface area contributed by atoms with Crippen LogP contribution in [0.3, 0.4) is 0 Å². The lowest BCUT2D eigenvalue weighted by molar-refractivity contribution is -0.140. The summed E-state index contributed by atoms with van der Waals surface area (Å²) >= 11 is 0. The molecule has 0 aliphatic carbocycles. The zero-order chi connectivity index (χ0) is 32.4. The highest BCUT2D eigenvalue weighted by Crippen LogP contribution is 2.32. The lowest BCUT2D eigenvalue weighted by atomic mass is 10.1. The molecule has 12 heteroatoms. The van der Waals surface area contributed by atoms with Crippen LogP contribution in [0, 0.1) is 5.82 Å². The number of hydrogen-bond acceptors (Lipinski definition) is 7. The molecule has 0 radical (unpaired) electrons. The molecule has 3 rings (SSSR count). The predicted molar refractivity (Wildman–Crippen MR) is 166 cm³/mol. The van der Waals surface area contributed by atoms with E-state index in [2.05, 4.69) is 5.32 Å². The Morgan fingerprint density at radius 1 is 0.886 bits per heavy atom. The Kier molecular flexibility index (Phi) is 12.0. The maximum atomic E-state index is 14.2. The van der Waals surface area contributed by atoms with Crippen LogP contribution in [-0.4, -0.2) is 65.1 Å². The van der Waals surface area contributed by atoms with Crippen LogP contribution < -0.4 is 23.8 Å². The third kappa shape index (κ3) is 8.19. The first-order valence-electron chi connectivity index (χ1n) is 14.2. The second-order valence-electron chi connectivity index (χ2n) is 10.1. The lowest BCUT2D eigenvalue weighted by Crippen LogP contribution is -2.53.